The first-order chi connectivity index (χ1) is 9.06. The zero-order chi connectivity index (χ0) is 14.0. The third-order valence-electron chi connectivity index (χ3n) is 2.96. The van der Waals surface area contributed by atoms with Crippen LogP contribution >= 0.6 is 15.9 Å². The lowest BCUT2D eigenvalue weighted by Crippen LogP contribution is -2.24. The van der Waals surface area contributed by atoms with E-state index in [1.165, 1.54) is 10.7 Å². The summed E-state index contributed by atoms with van der Waals surface area (Å²) in [5.74, 6) is 0. The summed E-state index contributed by atoms with van der Waals surface area (Å²) < 4.78 is 4.15. The minimum absolute atomic E-state index is 0.141. The van der Waals surface area contributed by atoms with Crippen LogP contribution in [-0.2, 0) is 20.0 Å². The molecule has 0 radical (unpaired) electrons. The molecule has 0 aliphatic rings. The molecule has 2 aromatic heterocycles. The molecular weight excluding hydrogens is 310 g/mol. The summed E-state index contributed by atoms with van der Waals surface area (Å²) in [5, 5.41) is 11.4. The number of nitrogens with zero attached hydrogens (tertiary/aromatic N) is 4. The molecule has 102 valence electrons. The molecule has 0 saturated carbocycles. The van der Waals surface area contributed by atoms with Crippen LogP contribution in [0.2, 0.25) is 0 Å². The lowest BCUT2D eigenvalue weighted by Gasteiger charge is -2.06. The van der Waals surface area contributed by atoms with Gasteiger partial charge in [0.15, 0.2) is 0 Å². The number of hydrogen-bond donors (Lipinski definition) is 1. The second kappa shape index (κ2) is 5.56. The van der Waals surface area contributed by atoms with Gasteiger partial charge in [0.2, 0.25) is 0 Å². The van der Waals surface area contributed by atoms with E-state index in [4.69, 9.17) is 0 Å². The third-order valence-corrected chi connectivity index (χ3v) is 3.88. The Morgan fingerprint density at radius 1 is 1.47 bits per heavy atom. The van der Waals surface area contributed by atoms with Crippen LogP contribution in [0.3, 0.4) is 0 Å². The quantitative estimate of drug-likeness (QED) is 0.922. The Hall–Kier alpha value is -1.63. The molecule has 2 heterocycles. The number of rotatable bonds is 4. The lowest BCUT2D eigenvalue weighted by atomic mass is 10.3. The molecule has 2 rings (SSSR count). The molecule has 0 saturated heterocycles. The van der Waals surface area contributed by atoms with Crippen LogP contribution in [0.15, 0.2) is 21.5 Å². The Kier molecular flexibility index (Phi) is 4.04. The molecule has 0 fully saturated rings. The Morgan fingerprint density at radius 3 is 2.74 bits per heavy atom. The molecule has 0 aliphatic heterocycles. The van der Waals surface area contributed by atoms with E-state index in [1.54, 1.807) is 17.9 Å². The predicted molar refractivity (Wildman–Crippen MR) is 77.4 cm³/mol. The molecule has 1 N–H and O–H groups in total. The van der Waals surface area contributed by atoms with Crippen molar-refractivity contribution in [1.82, 2.24) is 19.6 Å². The summed E-state index contributed by atoms with van der Waals surface area (Å²) in [6.45, 7) is 2.44. The number of aromatic nitrogens is 4. The Morgan fingerprint density at radius 2 is 2.21 bits per heavy atom. The van der Waals surface area contributed by atoms with Gasteiger partial charge in [0.05, 0.1) is 34.3 Å². The van der Waals surface area contributed by atoms with Gasteiger partial charge in [0.25, 0.3) is 5.56 Å². The van der Waals surface area contributed by atoms with Gasteiger partial charge in [0, 0.05) is 20.2 Å². The van der Waals surface area contributed by atoms with Crippen LogP contribution in [0, 0.1) is 0 Å². The zero-order valence-electron chi connectivity index (χ0n) is 11.1. The largest absolute Gasteiger partial charge is 0.387 e. The number of nitrogens with one attached hydrogen (secondary N) is 1. The Bertz CT molecular complexity index is 646. The first-order valence-corrected chi connectivity index (χ1v) is 6.81. The van der Waals surface area contributed by atoms with Gasteiger partial charge in [-0.2, -0.15) is 10.2 Å². The molecule has 6 nitrogen and oxygen atoms in total. The van der Waals surface area contributed by atoms with Crippen molar-refractivity contribution in [2.75, 3.05) is 12.4 Å². The normalized spacial score (nSPS) is 10.7. The fraction of sp³-hybridized carbons (Fsp3) is 0.417. The van der Waals surface area contributed by atoms with E-state index in [0.717, 1.165) is 22.3 Å². The molecule has 0 amide bonds. The molecule has 0 bridgehead atoms. The molecular formula is C12H16BrN5O. The van der Waals surface area contributed by atoms with E-state index >= 15 is 0 Å². The summed E-state index contributed by atoms with van der Waals surface area (Å²) >= 11 is 3.53. The monoisotopic (exact) mass is 325 g/mol. The van der Waals surface area contributed by atoms with Crippen LogP contribution in [0.25, 0.3) is 0 Å². The fourth-order valence-electron chi connectivity index (χ4n) is 1.82. The highest BCUT2D eigenvalue weighted by Gasteiger charge is 2.13. The maximum Gasteiger partial charge on any atom is 0.269 e. The molecule has 0 spiro atoms. The minimum atomic E-state index is -0.141. The molecule has 0 atom stereocenters. The van der Waals surface area contributed by atoms with E-state index in [1.807, 2.05) is 14.0 Å². The first-order valence-electron chi connectivity index (χ1n) is 6.02. The van der Waals surface area contributed by atoms with E-state index in [-0.39, 0.29) is 5.56 Å². The topological polar surface area (TPSA) is 64.7 Å². The van der Waals surface area contributed by atoms with Gasteiger partial charge in [-0.05, 0) is 22.4 Å². The van der Waals surface area contributed by atoms with Gasteiger partial charge < -0.3 is 5.32 Å². The van der Waals surface area contributed by atoms with Crippen LogP contribution in [-0.4, -0.2) is 26.6 Å². The van der Waals surface area contributed by atoms with Crippen molar-refractivity contribution in [2.45, 2.75) is 19.9 Å². The molecule has 0 unspecified atom stereocenters. The molecule has 7 heteroatoms. The maximum atomic E-state index is 11.9. The third kappa shape index (κ3) is 2.70. The van der Waals surface area contributed by atoms with Crippen molar-refractivity contribution >= 4 is 21.6 Å². The lowest BCUT2D eigenvalue weighted by molar-refractivity contribution is 0.589. The van der Waals surface area contributed by atoms with Crippen molar-refractivity contribution in [1.29, 1.82) is 0 Å². The summed E-state index contributed by atoms with van der Waals surface area (Å²) in [6.07, 6.45) is 2.47. The van der Waals surface area contributed by atoms with Crippen LogP contribution in [0.1, 0.15) is 18.3 Å². The maximum absolute atomic E-state index is 11.9. The number of anilines is 1. The Balaban J connectivity index is 2.36. The summed E-state index contributed by atoms with van der Waals surface area (Å²) in [6, 6.07) is 1.53. The average molecular weight is 326 g/mol. The fourth-order valence-corrected chi connectivity index (χ4v) is 2.56. The van der Waals surface area contributed by atoms with Gasteiger partial charge in [0.1, 0.15) is 0 Å². The van der Waals surface area contributed by atoms with E-state index in [2.05, 4.69) is 31.4 Å². The second-order valence-corrected chi connectivity index (χ2v) is 4.97. The van der Waals surface area contributed by atoms with E-state index < -0.39 is 0 Å². The van der Waals surface area contributed by atoms with Crippen molar-refractivity contribution in [3.8, 4) is 0 Å². The van der Waals surface area contributed by atoms with E-state index in [0.29, 0.717) is 12.2 Å². The Labute approximate surface area is 119 Å². The number of halogens is 1. The van der Waals surface area contributed by atoms with Crippen molar-refractivity contribution in [3.05, 3.63) is 38.5 Å². The molecule has 0 aliphatic carbocycles. The van der Waals surface area contributed by atoms with Crippen molar-refractivity contribution in [3.63, 3.8) is 0 Å². The van der Waals surface area contributed by atoms with Crippen molar-refractivity contribution in [2.24, 2.45) is 7.05 Å². The number of hydrogen-bond acceptors (Lipinski definition) is 4. The molecule has 2 aromatic rings. The first kappa shape index (κ1) is 13.8. The summed E-state index contributed by atoms with van der Waals surface area (Å²) in [4.78, 5) is 11.9. The minimum Gasteiger partial charge on any atom is -0.387 e. The van der Waals surface area contributed by atoms with Gasteiger partial charge >= 0.3 is 0 Å². The zero-order valence-corrected chi connectivity index (χ0v) is 12.7. The van der Waals surface area contributed by atoms with Crippen LogP contribution in [0.5, 0.6) is 0 Å². The van der Waals surface area contributed by atoms with E-state index in [9.17, 15) is 4.79 Å². The highest BCUT2D eigenvalue weighted by atomic mass is 79.9. The van der Waals surface area contributed by atoms with Crippen LogP contribution < -0.4 is 10.9 Å². The smallest absolute Gasteiger partial charge is 0.269 e. The van der Waals surface area contributed by atoms with Gasteiger partial charge in [-0.1, -0.05) is 6.92 Å². The SMILES string of the molecule is CCc1nn(C)c(Cn2ncc(NC)cc2=O)c1Br. The second-order valence-electron chi connectivity index (χ2n) is 4.17. The number of aryl methyl sites for hydroxylation is 2. The summed E-state index contributed by atoms with van der Waals surface area (Å²) in [5.41, 5.74) is 2.48. The molecule has 0 aromatic carbocycles. The van der Waals surface area contributed by atoms with Gasteiger partial charge in [-0.3, -0.25) is 9.48 Å². The van der Waals surface area contributed by atoms with Crippen molar-refractivity contribution < 1.29 is 0 Å². The van der Waals surface area contributed by atoms with Gasteiger partial charge in [-0.15, -0.1) is 0 Å². The molecule has 19 heavy (non-hydrogen) atoms. The summed E-state index contributed by atoms with van der Waals surface area (Å²) in [7, 11) is 3.62. The standard InChI is InChI=1S/C12H16BrN5O/c1-4-9-12(13)10(17(3)16-9)7-18-11(19)5-8(14-2)6-15-18/h5-6,14H,4,7H2,1-3H3. The highest BCUT2D eigenvalue weighted by molar-refractivity contribution is 9.10. The highest BCUT2D eigenvalue weighted by Crippen LogP contribution is 2.21. The van der Waals surface area contributed by atoms with Gasteiger partial charge in [-0.25, -0.2) is 4.68 Å². The predicted octanol–water partition coefficient (Wildman–Crippen LogP) is 1.39. The average Bonchev–Trinajstić information content (AvgIpc) is 2.68. The van der Waals surface area contributed by atoms with Crippen LogP contribution in [0.4, 0.5) is 5.69 Å².